The Balaban J connectivity index is 1.51. The average molecular weight is 596 g/mol. The molecule has 41 heavy (non-hydrogen) atoms. The van der Waals surface area contributed by atoms with Crippen LogP contribution < -0.4 is 5.32 Å². The number of imide groups is 1. The lowest BCUT2D eigenvalue weighted by Crippen LogP contribution is -2.77. The maximum Gasteiger partial charge on any atom is 0.334 e. The minimum Gasteiger partial charge on any atom is -0.508 e. The predicted molar refractivity (Wildman–Crippen MR) is 151 cm³/mol. The van der Waals surface area contributed by atoms with Crippen LogP contribution >= 0.6 is 23.2 Å². The van der Waals surface area contributed by atoms with Crippen LogP contribution in [0.25, 0.3) is 0 Å². The van der Waals surface area contributed by atoms with E-state index in [9.17, 15) is 24.3 Å². The fourth-order valence-corrected chi connectivity index (χ4v) is 5.52. The Kier molecular flexibility index (Phi) is 8.16. The summed E-state index contributed by atoms with van der Waals surface area (Å²) in [7, 11) is 1.54. The number of nitrogens with one attached hydrogen (secondary N) is 1. The number of carbonyl (C=O) groups excluding carboxylic acids is 4. The van der Waals surface area contributed by atoms with Crippen LogP contribution in [0.1, 0.15) is 16.7 Å². The lowest BCUT2D eigenvalue weighted by Gasteiger charge is -2.53. The zero-order chi connectivity index (χ0) is 29.3. The molecular formula is C29H27Cl2N5O5. The number of benzene rings is 3. The van der Waals surface area contributed by atoms with E-state index in [1.54, 1.807) is 24.3 Å². The van der Waals surface area contributed by atoms with Gasteiger partial charge in [0.25, 0.3) is 11.8 Å². The van der Waals surface area contributed by atoms with Gasteiger partial charge in [-0.2, -0.15) is 0 Å². The van der Waals surface area contributed by atoms with E-state index in [1.807, 2.05) is 30.3 Å². The molecule has 2 N–H and O–H groups in total. The third kappa shape index (κ3) is 5.85. The standard InChI is InChI=1S/C29H27Cl2N5O5/c1-33-17-25(38)35-24(13-18-7-11-22(37)12-8-18)27(39)34(16-20-9-10-21(30)14-23(20)31)28(40)26(35)36(33)29(41)32-15-19-5-3-2-4-6-19/h2-12,14,24,26,37H,13,15-17H2,1H3,(H,32,41)/t24-,26?/m0/s1. The van der Waals surface area contributed by atoms with Gasteiger partial charge < -0.3 is 10.4 Å². The fourth-order valence-electron chi connectivity index (χ4n) is 5.05. The first kappa shape index (κ1) is 28.4. The second kappa shape index (κ2) is 11.8. The van der Waals surface area contributed by atoms with E-state index in [1.165, 1.54) is 40.2 Å². The molecule has 5 rings (SSSR count). The molecule has 0 aromatic heterocycles. The molecule has 5 amide bonds. The summed E-state index contributed by atoms with van der Waals surface area (Å²) in [6.45, 7) is -0.203. The average Bonchev–Trinajstić information content (AvgIpc) is 2.94. The number of urea groups is 1. The van der Waals surface area contributed by atoms with Gasteiger partial charge in [-0.25, -0.2) is 14.8 Å². The molecule has 3 aromatic carbocycles. The Morgan fingerprint density at radius 1 is 0.951 bits per heavy atom. The van der Waals surface area contributed by atoms with Crippen molar-refractivity contribution in [3.63, 3.8) is 0 Å². The molecule has 2 fully saturated rings. The zero-order valence-corrected chi connectivity index (χ0v) is 23.5. The summed E-state index contributed by atoms with van der Waals surface area (Å²) in [5, 5.41) is 15.8. The van der Waals surface area contributed by atoms with Crippen LogP contribution in [0.15, 0.2) is 72.8 Å². The number of carbonyl (C=O) groups is 4. The van der Waals surface area contributed by atoms with Crippen LogP contribution in [0.2, 0.25) is 10.0 Å². The van der Waals surface area contributed by atoms with Crippen LogP contribution in [0.4, 0.5) is 4.79 Å². The number of nitrogens with zero attached hydrogens (tertiary/aromatic N) is 4. The first-order valence-corrected chi connectivity index (χ1v) is 13.6. The van der Waals surface area contributed by atoms with Gasteiger partial charge in [-0.05, 0) is 41.0 Å². The smallest absolute Gasteiger partial charge is 0.334 e. The van der Waals surface area contributed by atoms with Gasteiger partial charge in [0.15, 0.2) is 0 Å². The highest BCUT2D eigenvalue weighted by atomic mass is 35.5. The highest BCUT2D eigenvalue weighted by Gasteiger charge is 2.55. The Labute approximate surface area is 246 Å². The van der Waals surface area contributed by atoms with Crippen LogP contribution in [-0.2, 0) is 33.9 Å². The number of amides is 5. The van der Waals surface area contributed by atoms with Gasteiger partial charge in [-0.3, -0.25) is 24.2 Å². The van der Waals surface area contributed by atoms with Crippen molar-refractivity contribution in [3.8, 4) is 5.75 Å². The maximum atomic E-state index is 14.0. The molecular weight excluding hydrogens is 569 g/mol. The molecule has 10 nitrogen and oxygen atoms in total. The van der Waals surface area contributed by atoms with Gasteiger partial charge in [0.2, 0.25) is 12.1 Å². The third-order valence-corrected chi connectivity index (χ3v) is 7.68. The summed E-state index contributed by atoms with van der Waals surface area (Å²) >= 11 is 12.4. The Morgan fingerprint density at radius 2 is 1.66 bits per heavy atom. The molecule has 0 radical (unpaired) electrons. The zero-order valence-electron chi connectivity index (χ0n) is 22.0. The Hall–Kier alpha value is -4.12. The molecule has 0 saturated carbocycles. The van der Waals surface area contributed by atoms with Crippen molar-refractivity contribution in [1.82, 2.24) is 25.1 Å². The number of hydrogen-bond acceptors (Lipinski definition) is 6. The van der Waals surface area contributed by atoms with Crippen LogP contribution in [0, 0.1) is 0 Å². The first-order valence-electron chi connectivity index (χ1n) is 12.8. The number of likely N-dealkylation sites (N-methyl/N-ethyl adjacent to an activating group) is 1. The third-order valence-electron chi connectivity index (χ3n) is 7.09. The van der Waals surface area contributed by atoms with Crippen molar-refractivity contribution in [2.75, 3.05) is 13.6 Å². The van der Waals surface area contributed by atoms with E-state index in [-0.39, 0.29) is 36.8 Å². The fraction of sp³-hybridized carbons (Fsp3) is 0.241. The second-order valence-electron chi connectivity index (χ2n) is 9.86. The number of fused-ring (bicyclic) bond motifs is 1. The van der Waals surface area contributed by atoms with E-state index in [0.717, 1.165) is 10.5 Å². The van der Waals surface area contributed by atoms with E-state index in [4.69, 9.17) is 23.2 Å². The number of halogens is 2. The van der Waals surface area contributed by atoms with Crippen LogP contribution in [0.5, 0.6) is 5.75 Å². The molecule has 2 saturated heterocycles. The minimum absolute atomic E-state index is 0.0488. The van der Waals surface area contributed by atoms with Gasteiger partial charge in [0.05, 0.1) is 13.1 Å². The van der Waals surface area contributed by atoms with E-state index in [0.29, 0.717) is 16.1 Å². The first-order chi connectivity index (χ1) is 19.6. The summed E-state index contributed by atoms with van der Waals surface area (Å²) in [5.74, 6) is -1.77. The predicted octanol–water partition coefficient (Wildman–Crippen LogP) is 3.41. The largest absolute Gasteiger partial charge is 0.508 e. The van der Waals surface area contributed by atoms with E-state index in [2.05, 4.69) is 5.32 Å². The SMILES string of the molecule is CN1CC(=O)N2C(C(=O)N(Cc3ccc(Cl)cc3Cl)C(=O)[C@@H]2Cc2ccc(O)cc2)N1C(=O)NCc1ccccc1. The van der Waals surface area contributed by atoms with Crippen LogP contribution in [0.3, 0.4) is 0 Å². The molecule has 2 aliphatic heterocycles. The van der Waals surface area contributed by atoms with Crippen molar-refractivity contribution in [1.29, 1.82) is 0 Å². The van der Waals surface area contributed by atoms with Gasteiger partial charge in [0.1, 0.15) is 11.8 Å². The molecule has 3 aromatic rings. The normalized spacial score (nSPS) is 19.4. The summed E-state index contributed by atoms with van der Waals surface area (Å²) in [6.07, 6.45) is -1.36. The van der Waals surface area contributed by atoms with Crippen LogP contribution in [-0.4, -0.2) is 74.5 Å². The second-order valence-corrected chi connectivity index (χ2v) is 10.7. The molecule has 1 unspecified atom stereocenters. The monoisotopic (exact) mass is 595 g/mol. The van der Waals surface area contributed by atoms with Crippen molar-refractivity contribution in [2.45, 2.75) is 31.7 Å². The van der Waals surface area contributed by atoms with Gasteiger partial charge in [0, 0.05) is 30.1 Å². The lowest BCUT2D eigenvalue weighted by molar-refractivity contribution is -0.194. The van der Waals surface area contributed by atoms with Crippen molar-refractivity contribution >= 4 is 47.0 Å². The number of phenols is 1. The van der Waals surface area contributed by atoms with Crippen molar-refractivity contribution in [2.24, 2.45) is 0 Å². The van der Waals surface area contributed by atoms with E-state index >= 15 is 0 Å². The summed E-state index contributed by atoms with van der Waals surface area (Å²) in [5.41, 5.74) is 1.98. The topological polar surface area (TPSA) is 114 Å². The number of phenolic OH excluding ortho intramolecular Hbond substituents is 1. The summed E-state index contributed by atoms with van der Waals surface area (Å²) < 4.78 is 0. The van der Waals surface area contributed by atoms with Gasteiger partial charge in [-0.1, -0.05) is 71.7 Å². The summed E-state index contributed by atoms with van der Waals surface area (Å²) in [4.78, 5) is 57.1. The number of hydrazine groups is 1. The lowest BCUT2D eigenvalue weighted by atomic mass is 9.98. The minimum atomic E-state index is -1.41. The maximum absolute atomic E-state index is 14.0. The molecule has 0 aliphatic carbocycles. The van der Waals surface area contributed by atoms with Crippen molar-refractivity contribution in [3.05, 3.63) is 99.5 Å². The highest BCUT2D eigenvalue weighted by Crippen LogP contribution is 2.31. The molecule has 2 aliphatic rings. The summed E-state index contributed by atoms with van der Waals surface area (Å²) in [6, 6.07) is 18.5. The molecule has 2 heterocycles. The quantitative estimate of drug-likeness (QED) is 0.422. The van der Waals surface area contributed by atoms with E-state index < -0.39 is 36.0 Å². The molecule has 0 bridgehead atoms. The Bertz CT molecular complexity index is 1490. The number of hydrogen-bond donors (Lipinski definition) is 2. The molecule has 2 atom stereocenters. The van der Waals surface area contributed by atoms with Gasteiger partial charge in [-0.15, -0.1) is 0 Å². The van der Waals surface area contributed by atoms with Crippen molar-refractivity contribution < 1.29 is 24.3 Å². The highest BCUT2D eigenvalue weighted by molar-refractivity contribution is 6.35. The number of aromatic hydroxyl groups is 1. The van der Waals surface area contributed by atoms with Gasteiger partial charge >= 0.3 is 6.03 Å². The number of piperazine rings is 1. The molecule has 12 heteroatoms. The molecule has 212 valence electrons. The Morgan fingerprint density at radius 3 is 2.34 bits per heavy atom. The molecule has 0 spiro atoms. The number of rotatable bonds is 6.